The summed E-state index contributed by atoms with van der Waals surface area (Å²) in [4.78, 5) is 14.6. The summed E-state index contributed by atoms with van der Waals surface area (Å²) in [6.07, 6.45) is 1.61. The van der Waals surface area contributed by atoms with Gasteiger partial charge in [-0.2, -0.15) is 0 Å². The van der Waals surface area contributed by atoms with Gasteiger partial charge in [0.1, 0.15) is 0 Å². The summed E-state index contributed by atoms with van der Waals surface area (Å²) in [6.45, 7) is 4.95. The molecule has 4 nitrogen and oxygen atoms in total. The molecular formula is C21H25NO3S. The standard InChI is InChI=1S/C21H25NO3S/c1-16-8-9-18(14-17(16)2)10-11-21(23)22-13-12-20(15-22)26(24,25)19-6-4-3-5-7-19/h3-9,14,20H,10-13,15H2,1-2H3. The smallest absolute Gasteiger partial charge is 0.222 e. The molecule has 0 radical (unpaired) electrons. The van der Waals surface area contributed by atoms with Gasteiger partial charge in [0, 0.05) is 19.5 Å². The van der Waals surface area contributed by atoms with Gasteiger partial charge in [-0.05, 0) is 55.5 Å². The Bertz CT molecular complexity index is 891. The number of hydrogen-bond acceptors (Lipinski definition) is 3. The molecule has 3 rings (SSSR count). The van der Waals surface area contributed by atoms with Gasteiger partial charge in [-0.1, -0.05) is 36.4 Å². The van der Waals surface area contributed by atoms with E-state index >= 15 is 0 Å². The second kappa shape index (κ2) is 7.62. The van der Waals surface area contributed by atoms with Crippen LogP contribution in [0.3, 0.4) is 0 Å². The van der Waals surface area contributed by atoms with E-state index in [2.05, 4.69) is 32.0 Å². The average molecular weight is 372 g/mol. The van der Waals surface area contributed by atoms with Gasteiger partial charge in [0.25, 0.3) is 0 Å². The Morgan fingerprint density at radius 3 is 2.50 bits per heavy atom. The normalized spacial score (nSPS) is 17.5. The monoisotopic (exact) mass is 371 g/mol. The molecule has 1 saturated heterocycles. The molecule has 1 aliphatic rings. The number of likely N-dealkylation sites (tertiary alicyclic amines) is 1. The van der Waals surface area contributed by atoms with E-state index in [1.165, 1.54) is 11.1 Å². The molecule has 5 heteroatoms. The quantitative estimate of drug-likeness (QED) is 0.810. The number of amides is 1. The molecule has 1 amide bonds. The van der Waals surface area contributed by atoms with Crippen LogP contribution in [0.5, 0.6) is 0 Å². The predicted octanol–water partition coefficient (Wildman–Crippen LogP) is 3.31. The second-order valence-corrected chi connectivity index (χ2v) is 9.26. The molecule has 0 saturated carbocycles. The van der Waals surface area contributed by atoms with Crippen LogP contribution in [0.25, 0.3) is 0 Å². The fourth-order valence-electron chi connectivity index (χ4n) is 3.38. The van der Waals surface area contributed by atoms with Gasteiger partial charge in [-0.25, -0.2) is 8.42 Å². The summed E-state index contributed by atoms with van der Waals surface area (Å²) in [5.74, 6) is 0.0361. The molecule has 1 atom stereocenters. The van der Waals surface area contributed by atoms with Crippen molar-refractivity contribution in [2.24, 2.45) is 0 Å². The van der Waals surface area contributed by atoms with Gasteiger partial charge in [0.05, 0.1) is 10.1 Å². The van der Waals surface area contributed by atoms with Crippen LogP contribution >= 0.6 is 0 Å². The molecule has 26 heavy (non-hydrogen) atoms. The number of benzene rings is 2. The molecular weight excluding hydrogens is 346 g/mol. The highest BCUT2D eigenvalue weighted by Gasteiger charge is 2.35. The highest BCUT2D eigenvalue weighted by molar-refractivity contribution is 7.92. The van der Waals surface area contributed by atoms with Crippen molar-refractivity contribution in [1.82, 2.24) is 4.90 Å². The van der Waals surface area contributed by atoms with Gasteiger partial charge < -0.3 is 4.90 Å². The lowest BCUT2D eigenvalue weighted by Crippen LogP contribution is -2.32. The zero-order valence-corrected chi connectivity index (χ0v) is 16.1. The minimum atomic E-state index is -3.38. The molecule has 0 spiro atoms. The van der Waals surface area contributed by atoms with Crippen molar-refractivity contribution in [2.75, 3.05) is 13.1 Å². The Hall–Kier alpha value is -2.14. The highest BCUT2D eigenvalue weighted by Crippen LogP contribution is 2.24. The first-order valence-corrected chi connectivity index (χ1v) is 10.6. The van der Waals surface area contributed by atoms with Crippen molar-refractivity contribution in [3.05, 3.63) is 65.2 Å². The number of aryl methyl sites for hydroxylation is 3. The van der Waals surface area contributed by atoms with Crippen LogP contribution in [-0.4, -0.2) is 37.6 Å². The lowest BCUT2D eigenvalue weighted by molar-refractivity contribution is -0.130. The topological polar surface area (TPSA) is 54.5 Å². The molecule has 2 aromatic rings. The van der Waals surface area contributed by atoms with Gasteiger partial charge in [-0.3, -0.25) is 4.79 Å². The summed E-state index contributed by atoms with van der Waals surface area (Å²) in [7, 11) is -3.38. The number of rotatable bonds is 5. The molecule has 1 aliphatic heterocycles. The summed E-state index contributed by atoms with van der Waals surface area (Å²) in [5.41, 5.74) is 3.62. The van der Waals surface area contributed by atoms with Crippen molar-refractivity contribution >= 4 is 15.7 Å². The maximum atomic E-state index is 12.7. The molecule has 0 aliphatic carbocycles. The molecule has 2 aromatic carbocycles. The van der Waals surface area contributed by atoms with Crippen molar-refractivity contribution in [1.29, 1.82) is 0 Å². The lowest BCUT2D eigenvalue weighted by atomic mass is 10.0. The maximum Gasteiger partial charge on any atom is 0.222 e. The van der Waals surface area contributed by atoms with E-state index in [-0.39, 0.29) is 5.91 Å². The fraction of sp³-hybridized carbons (Fsp3) is 0.381. The molecule has 0 aromatic heterocycles. The second-order valence-electron chi connectivity index (χ2n) is 7.03. The van der Waals surface area contributed by atoms with Crippen LogP contribution in [0.15, 0.2) is 53.4 Å². The third-order valence-electron chi connectivity index (χ3n) is 5.21. The molecule has 1 heterocycles. The molecule has 1 fully saturated rings. The Balaban J connectivity index is 1.59. The zero-order valence-electron chi connectivity index (χ0n) is 15.3. The van der Waals surface area contributed by atoms with Gasteiger partial charge in [0.2, 0.25) is 5.91 Å². The highest BCUT2D eigenvalue weighted by atomic mass is 32.2. The predicted molar refractivity (Wildman–Crippen MR) is 103 cm³/mol. The van der Waals surface area contributed by atoms with Gasteiger partial charge in [-0.15, -0.1) is 0 Å². The van der Waals surface area contributed by atoms with Crippen molar-refractivity contribution < 1.29 is 13.2 Å². The summed E-state index contributed by atoms with van der Waals surface area (Å²) < 4.78 is 25.4. The van der Waals surface area contributed by atoms with Crippen molar-refractivity contribution in [3.8, 4) is 0 Å². The maximum absolute atomic E-state index is 12.7. The summed E-state index contributed by atoms with van der Waals surface area (Å²) >= 11 is 0. The van der Waals surface area contributed by atoms with Crippen LogP contribution in [0.2, 0.25) is 0 Å². The number of hydrogen-bond donors (Lipinski definition) is 0. The van der Waals surface area contributed by atoms with E-state index in [0.29, 0.717) is 37.2 Å². The first-order valence-electron chi connectivity index (χ1n) is 9.01. The number of sulfone groups is 1. The van der Waals surface area contributed by atoms with Crippen LogP contribution in [0, 0.1) is 13.8 Å². The third-order valence-corrected chi connectivity index (χ3v) is 7.40. The number of carbonyl (C=O) groups is 1. The fourth-order valence-corrected chi connectivity index (χ4v) is 5.09. The minimum Gasteiger partial charge on any atom is -0.341 e. The molecule has 138 valence electrons. The Kier molecular flexibility index (Phi) is 5.47. The van der Waals surface area contributed by atoms with E-state index in [4.69, 9.17) is 0 Å². The van der Waals surface area contributed by atoms with E-state index in [0.717, 1.165) is 5.56 Å². The third kappa shape index (κ3) is 3.98. The molecule has 0 N–H and O–H groups in total. The van der Waals surface area contributed by atoms with Crippen LogP contribution in [0.4, 0.5) is 0 Å². The van der Waals surface area contributed by atoms with Crippen molar-refractivity contribution in [2.45, 2.75) is 43.3 Å². The van der Waals surface area contributed by atoms with Crippen LogP contribution in [0.1, 0.15) is 29.5 Å². The number of carbonyl (C=O) groups excluding carboxylic acids is 1. The Labute approximate surface area is 155 Å². The van der Waals surface area contributed by atoms with E-state index in [1.807, 2.05) is 0 Å². The van der Waals surface area contributed by atoms with Crippen LogP contribution in [-0.2, 0) is 21.1 Å². The zero-order chi connectivity index (χ0) is 18.7. The van der Waals surface area contributed by atoms with Gasteiger partial charge >= 0.3 is 0 Å². The first-order chi connectivity index (χ1) is 12.4. The van der Waals surface area contributed by atoms with E-state index in [1.54, 1.807) is 35.2 Å². The number of nitrogens with zero attached hydrogens (tertiary/aromatic N) is 1. The van der Waals surface area contributed by atoms with Gasteiger partial charge in [0.15, 0.2) is 9.84 Å². The molecule has 0 bridgehead atoms. The Morgan fingerprint density at radius 1 is 1.08 bits per heavy atom. The average Bonchev–Trinajstić information content (AvgIpc) is 3.14. The van der Waals surface area contributed by atoms with E-state index in [9.17, 15) is 13.2 Å². The summed E-state index contributed by atoms with van der Waals surface area (Å²) in [5, 5.41) is -0.504. The largest absolute Gasteiger partial charge is 0.341 e. The minimum absolute atomic E-state index is 0.0361. The van der Waals surface area contributed by atoms with E-state index < -0.39 is 15.1 Å². The summed E-state index contributed by atoms with van der Waals surface area (Å²) in [6, 6.07) is 14.8. The van der Waals surface area contributed by atoms with Crippen LogP contribution < -0.4 is 0 Å². The Morgan fingerprint density at radius 2 is 1.81 bits per heavy atom. The lowest BCUT2D eigenvalue weighted by Gasteiger charge is -2.17. The van der Waals surface area contributed by atoms with Crippen molar-refractivity contribution in [3.63, 3.8) is 0 Å². The first kappa shape index (κ1) is 18.6. The molecule has 1 unspecified atom stereocenters. The SMILES string of the molecule is Cc1ccc(CCC(=O)N2CCC(S(=O)(=O)c3ccccc3)C2)cc1C.